The molecule has 7 heteroatoms. The number of nitrogens with one attached hydrogen (secondary N) is 3. The van der Waals surface area contributed by atoms with Crippen LogP contribution in [0.5, 0.6) is 0 Å². The van der Waals surface area contributed by atoms with Crippen LogP contribution >= 0.6 is 35.7 Å². The van der Waals surface area contributed by atoms with E-state index in [2.05, 4.69) is 29.8 Å². The number of halogens is 1. The van der Waals surface area contributed by atoms with Gasteiger partial charge >= 0.3 is 0 Å². The van der Waals surface area contributed by atoms with Crippen LogP contribution < -0.4 is 16.0 Å². The molecule has 0 aromatic heterocycles. The number of thioether (sulfide) groups is 1. The van der Waals surface area contributed by atoms with Gasteiger partial charge in [0.15, 0.2) is 5.96 Å². The summed E-state index contributed by atoms with van der Waals surface area (Å²) < 4.78 is 0.282. The van der Waals surface area contributed by atoms with Crippen molar-refractivity contribution in [1.82, 2.24) is 16.0 Å². The molecule has 1 heterocycles. The molecule has 1 atom stereocenters. The standard InChI is InChI=1S/C19H30N4OS.HI/c1-4-21-18(23-14-19(2)10-6-12-25-19)22-11-9-15-7-5-8-16(13-15)17(24)20-3;/h5,7-8,13H,4,6,9-12,14H2,1-3H3,(H,20,24)(H2,21,22,23);1H. The Hall–Kier alpha value is -0.960. The molecule has 1 unspecified atom stereocenters. The first-order chi connectivity index (χ1) is 12.1. The number of aliphatic imine (C=N–C) groups is 1. The van der Waals surface area contributed by atoms with Crippen molar-refractivity contribution in [3.05, 3.63) is 35.4 Å². The van der Waals surface area contributed by atoms with Crippen molar-refractivity contribution in [2.24, 2.45) is 4.99 Å². The second kappa shape index (κ2) is 11.7. The maximum absolute atomic E-state index is 11.7. The largest absolute Gasteiger partial charge is 0.357 e. The predicted octanol–water partition coefficient (Wildman–Crippen LogP) is 3.05. The Balaban J connectivity index is 0.00000338. The third-order valence-electron chi connectivity index (χ3n) is 4.34. The molecule has 0 aliphatic carbocycles. The summed E-state index contributed by atoms with van der Waals surface area (Å²) in [6.45, 7) is 6.87. The number of hydrogen-bond acceptors (Lipinski definition) is 3. The Labute approximate surface area is 178 Å². The minimum atomic E-state index is -0.0491. The summed E-state index contributed by atoms with van der Waals surface area (Å²) in [5, 5.41) is 9.38. The van der Waals surface area contributed by atoms with Gasteiger partial charge in [0.05, 0.1) is 6.54 Å². The van der Waals surface area contributed by atoms with Gasteiger partial charge in [-0.05, 0) is 56.6 Å². The summed E-state index contributed by atoms with van der Waals surface area (Å²) >= 11 is 2.03. The minimum Gasteiger partial charge on any atom is -0.357 e. The molecule has 3 N–H and O–H groups in total. The maximum atomic E-state index is 11.7. The SMILES string of the molecule is CCNC(=NCC1(C)CCCS1)NCCc1cccc(C(=O)NC)c1.I. The highest BCUT2D eigenvalue weighted by Crippen LogP contribution is 2.37. The van der Waals surface area contributed by atoms with Crippen LogP contribution in [-0.4, -0.2) is 49.0 Å². The van der Waals surface area contributed by atoms with Crippen LogP contribution in [0.2, 0.25) is 0 Å². The van der Waals surface area contributed by atoms with Crippen molar-refractivity contribution < 1.29 is 4.79 Å². The van der Waals surface area contributed by atoms with Gasteiger partial charge in [-0.25, -0.2) is 0 Å². The number of carbonyl (C=O) groups excluding carboxylic acids is 1. The topological polar surface area (TPSA) is 65.5 Å². The molecule has 1 aromatic rings. The molecule has 1 aliphatic heterocycles. The summed E-state index contributed by atoms with van der Waals surface area (Å²) in [6.07, 6.45) is 3.39. The summed E-state index contributed by atoms with van der Waals surface area (Å²) in [5.41, 5.74) is 1.84. The zero-order valence-electron chi connectivity index (χ0n) is 15.9. The summed E-state index contributed by atoms with van der Waals surface area (Å²) in [4.78, 5) is 16.5. The zero-order chi connectivity index (χ0) is 18.1. The van der Waals surface area contributed by atoms with Gasteiger partial charge in [0, 0.05) is 30.4 Å². The minimum absolute atomic E-state index is 0. The second-order valence-corrected chi connectivity index (χ2v) is 8.24. The van der Waals surface area contributed by atoms with Gasteiger partial charge in [0.25, 0.3) is 5.91 Å². The molecule has 0 saturated carbocycles. The highest BCUT2D eigenvalue weighted by molar-refractivity contribution is 14.0. The van der Waals surface area contributed by atoms with E-state index in [1.165, 1.54) is 18.6 Å². The van der Waals surface area contributed by atoms with E-state index in [4.69, 9.17) is 4.99 Å². The van der Waals surface area contributed by atoms with Crippen LogP contribution in [0.25, 0.3) is 0 Å². The molecule has 0 radical (unpaired) electrons. The third-order valence-corrected chi connectivity index (χ3v) is 5.86. The van der Waals surface area contributed by atoms with Crippen molar-refractivity contribution in [3.8, 4) is 0 Å². The Kier molecular flexibility index (Phi) is 10.4. The smallest absolute Gasteiger partial charge is 0.251 e. The lowest BCUT2D eigenvalue weighted by atomic mass is 10.1. The molecule has 1 fully saturated rings. The van der Waals surface area contributed by atoms with Gasteiger partial charge in [-0.1, -0.05) is 12.1 Å². The molecule has 1 saturated heterocycles. The number of rotatable bonds is 7. The molecule has 26 heavy (non-hydrogen) atoms. The van der Waals surface area contributed by atoms with Crippen LogP contribution in [-0.2, 0) is 6.42 Å². The van der Waals surface area contributed by atoms with Gasteiger partial charge < -0.3 is 16.0 Å². The van der Waals surface area contributed by atoms with E-state index in [0.717, 1.165) is 37.6 Å². The molecular weight excluding hydrogens is 459 g/mol. The molecule has 1 aliphatic rings. The van der Waals surface area contributed by atoms with Crippen molar-refractivity contribution in [1.29, 1.82) is 0 Å². The number of guanidine groups is 1. The quantitative estimate of drug-likeness (QED) is 0.313. The van der Waals surface area contributed by atoms with Crippen LogP contribution in [0, 0.1) is 0 Å². The normalized spacial score (nSPS) is 19.6. The maximum Gasteiger partial charge on any atom is 0.251 e. The average molecular weight is 490 g/mol. The highest BCUT2D eigenvalue weighted by Gasteiger charge is 2.29. The van der Waals surface area contributed by atoms with E-state index in [1.54, 1.807) is 7.05 Å². The molecular formula is C19H31IN4OS. The van der Waals surface area contributed by atoms with Crippen LogP contribution in [0.15, 0.2) is 29.3 Å². The molecule has 1 aromatic carbocycles. The van der Waals surface area contributed by atoms with Crippen molar-refractivity contribution >= 4 is 47.6 Å². The Morgan fingerprint density at radius 2 is 2.15 bits per heavy atom. The second-order valence-electron chi connectivity index (χ2n) is 6.55. The van der Waals surface area contributed by atoms with Crippen LogP contribution in [0.1, 0.15) is 42.6 Å². The fourth-order valence-electron chi connectivity index (χ4n) is 2.89. The number of nitrogens with zero attached hydrogens (tertiary/aromatic N) is 1. The Morgan fingerprint density at radius 3 is 2.81 bits per heavy atom. The lowest BCUT2D eigenvalue weighted by Crippen LogP contribution is -2.39. The lowest BCUT2D eigenvalue weighted by Gasteiger charge is -2.21. The lowest BCUT2D eigenvalue weighted by molar-refractivity contribution is 0.0963. The molecule has 5 nitrogen and oxygen atoms in total. The van der Waals surface area contributed by atoms with E-state index >= 15 is 0 Å². The average Bonchev–Trinajstić information content (AvgIpc) is 3.06. The highest BCUT2D eigenvalue weighted by atomic mass is 127. The number of amides is 1. The summed E-state index contributed by atoms with van der Waals surface area (Å²) in [6, 6.07) is 7.76. The van der Waals surface area contributed by atoms with Crippen molar-refractivity contribution in [3.63, 3.8) is 0 Å². The fourth-order valence-corrected chi connectivity index (χ4v) is 4.11. The first kappa shape index (κ1) is 23.1. The predicted molar refractivity (Wildman–Crippen MR) is 123 cm³/mol. The Bertz CT molecular complexity index is 603. The molecule has 146 valence electrons. The van der Waals surface area contributed by atoms with E-state index in [-0.39, 0.29) is 34.6 Å². The third kappa shape index (κ3) is 7.34. The first-order valence-electron chi connectivity index (χ1n) is 9.03. The van der Waals surface area contributed by atoms with Gasteiger partial charge in [-0.3, -0.25) is 9.79 Å². The van der Waals surface area contributed by atoms with Crippen molar-refractivity contribution in [2.45, 2.75) is 37.9 Å². The monoisotopic (exact) mass is 490 g/mol. The number of benzene rings is 1. The number of carbonyl (C=O) groups is 1. The van der Waals surface area contributed by atoms with Gasteiger partial charge in [-0.15, -0.1) is 24.0 Å². The molecule has 2 rings (SSSR count). The molecule has 0 spiro atoms. The van der Waals surface area contributed by atoms with Gasteiger partial charge in [0.1, 0.15) is 0 Å². The van der Waals surface area contributed by atoms with E-state index < -0.39 is 0 Å². The van der Waals surface area contributed by atoms with Gasteiger partial charge in [-0.2, -0.15) is 11.8 Å². The van der Waals surface area contributed by atoms with Crippen LogP contribution in [0.4, 0.5) is 0 Å². The van der Waals surface area contributed by atoms with E-state index in [0.29, 0.717) is 5.56 Å². The molecule has 0 bridgehead atoms. The summed E-state index contributed by atoms with van der Waals surface area (Å²) in [7, 11) is 1.65. The molecule has 1 amide bonds. The van der Waals surface area contributed by atoms with E-state index in [9.17, 15) is 4.79 Å². The van der Waals surface area contributed by atoms with Crippen molar-refractivity contribution in [2.75, 3.05) is 32.4 Å². The van der Waals surface area contributed by atoms with Gasteiger partial charge in [0.2, 0.25) is 0 Å². The first-order valence-corrected chi connectivity index (χ1v) is 10.0. The Morgan fingerprint density at radius 1 is 1.35 bits per heavy atom. The summed E-state index contributed by atoms with van der Waals surface area (Å²) in [5.74, 6) is 2.07. The number of hydrogen-bond donors (Lipinski definition) is 3. The zero-order valence-corrected chi connectivity index (χ0v) is 19.1. The van der Waals surface area contributed by atoms with Crippen LogP contribution in [0.3, 0.4) is 0 Å². The van der Waals surface area contributed by atoms with E-state index in [1.807, 2.05) is 36.0 Å². The fraction of sp³-hybridized carbons (Fsp3) is 0.579.